The van der Waals surface area contributed by atoms with Gasteiger partial charge in [-0.2, -0.15) is 0 Å². The van der Waals surface area contributed by atoms with Crippen LogP contribution >= 0.6 is 0 Å². The minimum absolute atomic E-state index is 0.112. The van der Waals surface area contributed by atoms with E-state index in [0.29, 0.717) is 13.0 Å². The number of amides is 1. The van der Waals surface area contributed by atoms with E-state index in [0.717, 1.165) is 22.6 Å². The molecule has 0 heterocycles. The molecule has 4 heteroatoms. The first kappa shape index (κ1) is 19.8. The van der Waals surface area contributed by atoms with Crippen LogP contribution in [0.25, 0.3) is 0 Å². The van der Waals surface area contributed by atoms with Crippen molar-refractivity contribution in [3.8, 4) is 11.5 Å². The monoisotopic (exact) mass is 355 g/mol. The van der Waals surface area contributed by atoms with E-state index in [2.05, 4.69) is 11.4 Å². The molecule has 0 radical (unpaired) electrons. The first-order valence-electron chi connectivity index (χ1n) is 9.13. The van der Waals surface area contributed by atoms with Crippen molar-refractivity contribution in [3.63, 3.8) is 0 Å². The van der Waals surface area contributed by atoms with Gasteiger partial charge < -0.3 is 14.8 Å². The van der Waals surface area contributed by atoms with Gasteiger partial charge in [0.2, 0.25) is 0 Å². The van der Waals surface area contributed by atoms with Crippen LogP contribution < -0.4 is 14.8 Å². The average Bonchev–Trinajstić information content (AvgIpc) is 2.60. The van der Waals surface area contributed by atoms with Gasteiger partial charge in [0.25, 0.3) is 5.91 Å². The number of carbonyl (C=O) groups excluding carboxylic acids is 1. The normalized spacial score (nSPS) is 13.0. The number of carbonyl (C=O) groups is 1. The second-order valence-corrected chi connectivity index (χ2v) is 6.77. The van der Waals surface area contributed by atoms with Crippen molar-refractivity contribution < 1.29 is 14.3 Å². The van der Waals surface area contributed by atoms with Gasteiger partial charge in [0.05, 0.1) is 6.04 Å². The predicted molar refractivity (Wildman–Crippen MR) is 105 cm³/mol. The molecule has 140 valence electrons. The molecule has 0 saturated heterocycles. The van der Waals surface area contributed by atoms with Crippen molar-refractivity contribution in [2.75, 3.05) is 6.61 Å². The van der Waals surface area contributed by atoms with Crippen LogP contribution in [0.3, 0.4) is 0 Å². The molecular weight excluding hydrogens is 326 g/mol. The third-order valence-corrected chi connectivity index (χ3v) is 4.23. The zero-order valence-electron chi connectivity index (χ0n) is 16.3. The van der Waals surface area contributed by atoms with Crippen molar-refractivity contribution in [2.45, 2.75) is 53.2 Å². The number of rotatable bonds is 8. The summed E-state index contributed by atoms with van der Waals surface area (Å²) in [5.41, 5.74) is 3.29. The molecule has 2 atom stereocenters. The van der Waals surface area contributed by atoms with E-state index >= 15 is 0 Å². The molecule has 0 unspecified atom stereocenters. The number of hydrogen-bond acceptors (Lipinski definition) is 3. The highest BCUT2D eigenvalue weighted by atomic mass is 16.5. The summed E-state index contributed by atoms with van der Waals surface area (Å²) < 4.78 is 11.7. The molecule has 0 aliphatic heterocycles. The predicted octanol–water partition coefficient (Wildman–Crippen LogP) is 4.35. The molecule has 0 fully saturated rings. The van der Waals surface area contributed by atoms with E-state index in [9.17, 15) is 4.79 Å². The van der Waals surface area contributed by atoms with Gasteiger partial charge in [-0.25, -0.2) is 0 Å². The first-order valence-corrected chi connectivity index (χ1v) is 9.13. The number of ether oxygens (including phenoxy) is 2. The van der Waals surface area contributed by atoms with Crippen LogP contribution in [-0.2, 0) is 4.79 Å². The largest absolute Gasteiger partial charge is 0.491 e. The number of para-hydroxylation sites is 1. The van der Waals surface area contributed by atoms with E-state index < -0.39 is 6.10 Å². The lowest BCUT2D eigenvalue weighted by molar-refractivity contribution is -0.129. The molecular formula is C22H29NO3. The van der Waals surface area contributed by atoms with E-state index in [1.165, 1.54) is 5.56 Å². The molecule has 4 nitrogen and oxygen atoms in total. The summed E-state index contributed by atoms with van der Waals surface area (Å²) in [6.07, 6.45) is 0.0853. The van der Waals surface area contributed by atoms with E-state index in [1.54, 1.807) is 0 Å². The van der Waals surface area contributed by atoms with E-state index in [4.69, 9.17) is 9.47 Å². The fourth-order valence-corrected chi connectivity index (χ4v) is 2.72. The summed E-state index contributed by atoms with van der Waals surface area (Å²) in [4.78, 5) is 12.6. The zero-order chi connectivity index (χ0) is 19.1. The summed E-state index contributed by atoms with van der Waals surface area (Å²) in [5.74, 6) is 1.47. The lowest BCUT2D eigenvalue weighted by Crippen LogP contribution is -2.44. The Morgan fingerprint density at radius 1 is 1.04 bits per heavy atom. The maximum Gasteiger partial charge on any atom is 0.261 e. The number of aryl methyl sites for hydroxylation is 3. The lowest BCUT2D eigenvalue weighted by atomic mass is 10.1. The third-order valence-electron chi connectivity index (χ3n) is 4.23. The average molecular weight is 355 g/mol. The van der Waals surface area contributed by atoms with Crippen LogP contribution in [0.1, 0.15) is 37.0 Å². The molecule has 0 spiro atoms. The van der Waals surface area contributed by atoms with E-state index in [1.807, 2.05) is 71.0 Å². The summed E-state index contributed by atoms with van der Waals surface area (Å²) in [6.45, 7) is 10.3. The second kappa shape index (κ2) is 9.27. The summed E-state index contributed by atoms with van der Waals surface area (Å²) >= 11 is 0. The van der Waals surface area contributed by atoms with Crippen LogP contribution in [0.2, 0.25) is 0 Å². The highest BCUT2D eigenvalue weighted by Crippen LogP contribution is 2.21. The third kappa shape index (κ3) is 5.51. The summed E-state index contributed by atoms with van der Waals surface area (Å²) in [7, 11) is 0. The smallest absolute Gasteiger partial charge is 0.261 e. The van der Waals surface area contributed by atoms with Gasteiger partial charge in [-0.3, -0.25) is 4.79 Å². The molecule has 1 N–H and O–H groups in total. The lowest BCUT2D eigenvalue weighted by Gasteiger charge is -2.22. The molecule has 2 aromatic carbocycles. The Kier molecular flexibility index (Phi) is 7.07. The Labute approximate surface area is 156 Å². The molecule has 0 aromatic heterocycles. The highest BCUT2D eigenvalue weighted by molar-refractivity contribution is 5.81. The Balaban J connectivity index is 1.90. The zero-order valence-corrected chi connectivity index (χ0v) is 16.3. The van der Waals surface area contributed by atoms with Crippen molar-refractivity contribution in [1.29, 1.82) is 0 Å². The molecule has 1 amide bonds. The molecule has 0 aliphatic carbocycles. The highest BCUT2D eigenvalue weighted by Gasteiger charge is 2.21. The molecule has 0 aliphatic rings. The van der Waals surface area contributed by atoms with Gasteiger partial charge >= 0.3 is 0 Å². The SMILES string of the molecule is CC[C@@H](Oc1ccc(C)cc1C)C(=O)N[C@H](C)COc1ccccc1C. The van der Waals surface area contributed by atoms with Crippen molar-refractivity contribution >= 4 is 5.91 Å². The van der Waals surface area contributed by atoms with Crippen molar-refractivity contribution in [1.82, 2.24) is 5.32 Å². The van der Waals surface area contributed by atoms with Gasteiger partial charge in [0.1, 0.15) is 18.1 Å². The Morgan fingerprint density at radius 3 is 2.42 bits per heavy atom. The molecule has 0 saturated carbocycles. The van der Waals surface area contributed by atoms with Crippen LogP contribution in [0.5, 0.6) is 11.5 Å². The topological polar surface area (TPSA) is 47.6 Å². The number of benzene rings is 2. The Bertz CT molecular complexity index is 742. The van der Waals surface area contributed by atoms with Gasteiger partial charge in [-0.05, 0) is 57.4 Å². The summed E-state index contributed by atoms with van der Waals surface area (Å²) in [5, 5.41) is 2.98. The van der Waals surface area contributed by atoms with Crippen LogP contribution in [-0.4, -0.2) is 24.7 Å². The molecule has 0 bridgehead atoms. The number of hydrogen-bond donors (Lipinski definition) is 1. The Morgan fingerprint density at radius 2 is 1.77 bits per heavy atom. The molecule has 2 aromatic rings. The van der Waals surface area contributed by atoms with Gasteiger partial charge in [0, 0.05) is 0 Å². The van der Waals surface area contributed by atoms with Gasteiger partial charge in [-0.1, -0.05) is 42.8 Å². The number of nitrogens with one attached hydrogen (secondary N) is 1. The quantitative estimate of drug-likeness (QED) is 0.766. The summed E-state index contributed by atoms with van der Waals surface area (Å²) in [6, 6.07) is 13.7. The van der Waals surface area contributed by atoms with Gasteiger partial charge in [-0.15, -0.1) is 0 Å². The first-order chi connectivity index (χ1) is 12.4. The van der Waals surface area contributed by atoms with Crippen LogP contribution in [0, 0.1) is 20.8 Å². The minimum Gasteiger partial charge on any atom is -0.491 e. The standard InChI is InChI=1S/C22H29NO3/c1-6-19(26-21-12-11-15(2)13-17(21)4)22(24)23-18(5)14-25-20-10-8-7-9-16(20)3/h7-13,18-19H,6,14H2,1-5H3,(H,23,24)/t18-,19-/m1/s1. The van der Waals surface area contributed by atoms with Crippen LogP contribution in [0.4, 0.5) is 0 Å². The van der Waals surface area contributed by atoms with Crippen molar-refractivity contribution in [2.24, 2.45) is 0 Å². The van der Waals surface area contributed by atoms with Crippen LogP contribution in [0.15, 0.2) is 42.5 Å². The molecule has 2 rings (SSSR count). The minimum atomic E-state index is -0.516. The fraction of sp³-hybridized carbons (Fsp3) is 0.409. The van der Waals surface area contributed by atoms with E-state index in [-0.39, 0.29) is 11.9 Å². The molecule has 26 heavy (non-hydrogen) atoms. The Hall–Kier alpha value is -2.49. The van der Waals surface area contributed by atoms with Crippen molar-refractivity contribution in [3.05, 3.63) is 59.2 Å². The maximum atomic E-state index is 12.6. The second-order valence-electron chi connectivity index (χ2n) is 6.77. The maximum absolute atomic E-state index is 12.6. The fourth-order valence-electron chi connectivity index (χ4n) is 2.72. The van der Waals surface area contributed by atoms with Gasteiger partial charge in [0.15, 0.2) is 6.10 Å².